The Bertz CT molecular complexity index is 631. The van der Waals surface area contributed by atoms with Crippen molar-refractivity contribution in [2.24, 2.45) is 7.05 Å². The normalized spacial score (nSPS) is 11.7. The third-order valence-electron chi connectivity index (χ3n) is 3.30. The monoisotopic (exact) mass is 304 g/mol. The molecule has 0 fully saturated rings. The first-order valence-corrected chi connectivity index (χ1v) is 7.22. The fourth-order valence-electron chi connectivity index (χ4n) is 1.99. The highest BCUT2D eigenvalue weighted by Gasteiger charge is 2.20. The molecule has 0 bridgehead atoms. The van der Waals surface area contributed by atoms with Crippen molar-refractivity contribution in [3.63, 3.8) is 0 Å². The Morgan fingerprint density at radius 3 is 2.55 bits per heavy atom. The first-order valence-electron chi connectivity index (χ1n) is 7.22. The number of ether oxygens (including phenoxy) is 1. The van der Waals surface area contributed by atoms with Crippen molar-refractivity contribution >= 4 is 5.82 Å². The molecule has 2 aromatic heterocycles. The van der Waals surface area contributed by atoms with Gasteiger partial charge < -0.3 is 9.64 Å². The van der Waals surface area contributed by atoms with E-state index in [1.165, 1.54) is 0 Å². The van der Waals surface area contributed by atoms with Crippen LogP contribution in [-0.2, 0) is 30.4 Å². The number of methoxy groups -OCH3 is 1. The van der Waals surface area contributed by atoms with Crippen molar-refractivity contribution in [1.29, 1.82) is 0 Å². The second-order valence-electron chi connectivity index (χ2n) is 6.38. The minimum atomic E-state index is -0.121. The molecular formula is C15H24N6O. The first-order chi connectivity index (χ1) is 10.3. The van der Waals surface area contributed by atoms with E-state index in [1.807, 2.05) is 25.1 Å². The van der Waals surface area contributed by atoms with Gasteiger partial charge in [0.1, 0.15) is 23.8 Å². The largest absolute Gasteiger partial charge is 0.378 e. The number of rotatable bonds is 5. The van der Waals surface area contributed by atoms with Crippen molar-refractivity contribution in [2.75, 3.05) is 19.1 Å². The van der Waals surface area contributed by atoms with Gasteiger partial charge in [0.15, 0.2) is 0 Å². The Morgan fingerprint density at radius 1 is 1.27 bits per heavy atom. The van der Waals surface area contributed by atoms with Gasteiger partial charge in [0.2, 0.25) is 0 Å². The average molecular weight is 304 g/mol. The molecule has 0 aliphatic heterocycles. The zero-order chi connectivity index (χ0) is 16.3. The minimum absolute atomic E-state index is 0.121. The second kappa shape index (κ2) is 6.39. The predicted molar refractivity (Wildman–Crippen MR) is 84.6 cm³/mol. The summed E-state index contributed by atoms with van der Waals surface area (Å²) in [4.78, 5) is 15.6. The molecule has 0 aromatic carbocycles. The topological polar surface area (TPSA) is 69.0 Å². The lowest BCUT2D eigenvalue weighted by Crippen LogP contribution is -2.24. The van der Waals surface area contributed by atoms with Crippen LogP contribution >= 0.6 is 0 Å². The molecule has 0 saturated heterocycles. The van der Waals surface area contributed by atoms with Crippen LogP contribution in [0.4, 0.5) is 5.82 Å². The third-order valence-corrected chi connectivity index (χ3v) is 3.30. The molecule has 0 saturated carbocycles. The number of anilines is 1. The summed E-state index contributed by atoms with van der Waals surface area (Å²) in [5.74, 6) is 2.54. The Kier molecular flexibility index (Phi) is 4.75. The van der Waals surface area contributed by atoms with Crippen LogP contribution < -0.4 is 4.90 Å². The van der Waals surface area contributed by atoms with Gasteiger partial charge in [-0.1, -0.05) is 20.8 Å². The summed E-state index contributed by atoms with van der Waals surface area (Å²) in [7, 11) is 5.54. The lowest BCUT2D eigenvalue weighted by Gasteiger charge is -2.23. The maximum Gasteiger partial charge on any atom is 0.146 e. The molecule has 0 aliphatic rings. The van der Waals surface area contributed by atoms with Crippen molar-refractivity contribution in [3.8, 4) is 0 Å². The SMILES string of the molecule is COCc1cc(N(C)Cc2ncnn2C)nc(C(C)(C)C)n1. The summed E-state index contributed by atoms with van der Waals surface area (Å²) in [6.45, 7) is 7.40. The van der Waals surface area contributed by atoms with Crippen molar-refractivity contribution in [2.45, 2.75) is 39.3 Å². The Hall–Kier alpha value is -2.02. The molecular weight excluding hydrogens is 280 g/mol. The van der Waals surface area contributed by atoms with Crippen molar-refractivity contribution < 1.29 is 4.74 Å². The van der Waals surface area contributed by atoms with Crippen LogP contribution in [0.25, 0.3) is 0 Å². The number of aryl methyl sites for hydroxylation is 1. The van der Waals surface area contributed by atoms with Gasteiger partial charge in [-0.3, -0.25) is 4.68 Å². The lowest BCUT2D eigenvalue weighted by atomic mass is 9.95. The highest BCUT2D eigenvalue weighted by Crippen LogP contribution is 2.22. The summed E-state index contributed by atoms with van der Waals surface area (Å²) >= 11 is 0. The van der Waals surface area contributed by atoms with Crippen LogP contribution in [0.1, 0.15) is 38.1 Å². The van der Waals surface area contributed by atoms with Gasteiger partial charge >= 0.3 is 0 Å². The summed E-state index contributed by atoms with van der Waals surface area (Å²) < 4.78 is 6.98. The highest BCUT2D eigenvalue weighted by molar-refractivity contribution is 5.39. The van der Waals surface area contributed by atoms with E-state index in [0.717, 1.165) is 23.2 Å². The van der Waals surface area contributed by atoms with Crippen molar-refractivity contribution in [1.82, 2.24) is 24.7 Å². The molecule has 2 aromatic rings. The molecule has 0 atom stereocenters. The highest BCUT2D eigenvalue weighted by atomic mass is 16.5. The van der Waals surface area contributed by atoms with Gasteiger partial charge in [-0.15, -0.1) is 0 Å². The van der Waals surface area contributed by atoms with Gasteiger partial charge in [-0.2, -0.15) is 5.10 Å². The molecule has 7 nitrogen and oxygen atoms in total. The smallest absolute Gasteiger partial charge is 0.146 e. The lowest BCUT2D eigenvalue weighted by molar-refractivity contribution is 0.181. The van der Waals surface area contributed by atoms with Crippen LogP contribution in [0.5, 0.6) is 0 Å². The molecule has 0 unspecified atom stereocenters. The van der Waals surface area contributed by atoms with E-state index in [9.17, 15) is 0 Å². The van der Waals surface area contributed by atoms with Gasteiger partial charge in [0.05, 0.1) is 18.8 Å². The Morgan fingerprint density at radius 2 is 2.00 bits per heavy atom. The number of hydrogen-bond acceptors (Lipinski definition) is 6. The number of hydrogen-bond donors (Lipinski definition) is 0. The standard InChI is InChI=1S/C15H24N6O/c1-15(2,3)14-18-11(9-22-6)7-12(19-14)20(4)8-13-16-10-17-21(13)5/h7,10H,8-9H2,1-6H3. The summed E-state index contributed by atoms with van der Waals surface area (Å²) in [5.41, 5.74) is 0.756. The van der Waals surface area contributed by atoms with Crippen LogP contribution in [0.3, 0.4) is 0 Å². The van der Waals surface area contributed by atoms with Crippen LogP contribution in [-0.4, -0.2) is 38.9 Å². The molecule has 0 aliphatic carbocycles. The molecule has 120 valence electrons. The zero-order valence-electron chi connectivity index (χ0n) is 14.2. The molecule has 7 heteroatoms. The van der Waals surface area contributed by atoms with Gasteiger partial charge in [-0.05, 0) is 0 Å². The molecule has 0 amide bonds. The van der Waals surface area contributed by atoms with E-state index in [1.54, 1.807) is 18.1 Å². The molecule has 2 heterocycles. The van der Waals surface area contributed by atoms with Crippen LogP contribution in [0.15, 0.2) is 12.4 Å². The summed E-state index contributed by atoms with van der Waals surface area (Å²) in [6.07, 6.45) is 1.56. The van der Waals surface area contributed by atoms with Gasteiger partial charge in [0.25, 0.3) is 0 Å². The molecule has 22 heavy (non-hydrogen) atoms. The molecule has 2 rings (SSSR count). The average Bonchev–Trinajstić information content (AvgIpc) is 2.83. The minimum Gasteiger partial charge on any atom is -0.378 e. The fourth-order valence-corrected chi connectivity index (χ4v) is 1.99. The first kappa shape index (κ1) is 16.4. The van der Waals surface area contributed by atoms with Gasteiger partial charge in [0, 0.05) is 32.7 Å². The van der Waals surface area contributed by atoms with E-state index in [-0.39, 0.29) is 5.41 Å². The zero-order valence-corrected chi connectivity index (χ0v) is 14.2. The quantitative estimate of drug-likeness (QED) is 0.837. The molecule has 0 spiro atoms. The van der Waals surface area contributed by atoms with Crippen LogP contribution in [0, 0.1) is 0 Å². The number of aromatic nitrogens is 5. The Balaban J connectivity index is 2.32. The van der Waals surface area contributed by atoms with Gasteiger partial charge in [-0.25, -0.2) is 15.0 Å². The summed E-state index contributed by atoms with van der Waals surface area (Å²) in [5, 5.41) is 4.09. The second-order valence-corrected chi connectivity index (χ2v) is 6.38. The van der Waals surface area contributed by atoms with E-state index in [0.29, 0.717) is 13.2 Å². The maximum atomic E-state index is 5.22. The third kappa shape index (κ3) is 3.79. The predicted octanol–water partition coefficient (Wildman–Crippen LogP) is 1.69. The van der Waals surface area contributed by atoms with Crippen LogP contribution in [0.2, 0.25) is 0 Å². The van der Waals surface area contributed by atoms with E-state index >= 15 is 0 Å². The number of nitrogens with zero attached hydrogens (tertiary/aromatic N) is 6. The molecule has 0 N–H and O–H groups in total. The van der Waals surface area contributed by atoms with E-state index in [2.05, 4.69) is 35.8 Å². The maximum absolute atomic E-state index is 5.22. The fraction of sp³-hybridized carbons (Fsp3) is 0.600. The Labute approximate surface area is 131 Å². The van der Waals surface area contributed by atoms with E-state index < -0.39 is 0 Å². The van der Waals surface area contributed by atoms with Crippen molar-refractivity contribution in [3.05, 3.63) is 29.7 Å². The molecule has 0 radical (unpaired) electrons. The van der Waals surface area contributed by atoms with E-state index in [4.69, 9.17) is 9.72 Å². The summed E-state index contributed by atoms with van der Waals surface area (Å²) in [6, 6.07) is 1.95.